The standard InChI is InChI=1S/C22H26N4O4/c1-4-13-25-20-18(21(28)26(14-5-2)22(25)29)23-19(24-20)16-10-7-15(8-11-16)9-12-17(27)30-6-3/h7-12H,4-6,13-14H2,1-3H3,(H,23,24). The summed E-state index contributed by atoms with van der Waals surface area (Å²) in [5.74, 6) is 0.123. The number of benzene rings is 1. The summed E-state index contributed by atoms with van der Waals surface area (Å²) in [6, 6.07) is 7.37. The lowest BCUT2D eigenvalue weighted by molar-refractivity contribution is -0.137. The smallest absolute Gasteiger partial charge is 0.332 e. The SMILES string of the molecule is CCCn1c(=O)c2[nH]c(-c3ccc(C=CC(=O)OCC)cc3)nc2n(CCC)c1=O. The van der Waals surface area contributed by atoms with E-state index in [0.717, 1.165) is 17.5 Å². The van der Waals surface area contributed by atoms with Crippen LogP contribution in [0.2, 0.25) is 0 Å². The van der Waals surface area contributed by atoms with Crippen LogP contribution in [-0.4, -0.2) is 31.7 Å². The Morgan fingerprint density at radius 3 is 2.37 bits per heavy atom. The Hall–Kier alpha value is -3.42. The van der Waals surface area contributed by atoms with Crippen LogP contribution in [0.1, 0.15) is 39.2 Å². The van der Waals surface area contributed by atoms with E-state index in [1.54, 1.807) is 17.6 Å². The largest absolute Gasteiger partial charge is 0.463 e. The van der Waals surface area contributed by atoms with Crippen molar-refractivity contribution in [3.63, 3.8) is 0 Å². The second kappa shape index (κ2) is 9.39. The summed E-state index contributed by atoms with van der Waals surface area (Å²) in [4.78, 5) is 44.7. The molecule has 0 bridgehead atoms. The Balaban J connectivity index is 2.02. The number of rotatable bonds is 8. The van der Waals surface area contributed by atoms with Gasteiger partial charge in [-0.15, -0.1) is 0 Å². The number of aryl methyl sites for hydroxylation is 1. The van der Waals surface area contributed by atoms with Gasteiger partial charge in [0.1, 0.15) is 11.3 Å². The number of hydrogen-bond donors (Lipinski definition) is 1. The number of imidazole rings is 1. The van der Waals surface area contributed by atoms with Gasteiger partial charge in [-0.25, -0.2) is 14.6 Å². The van der Waals surface area contributed by atoms with E-state index in [-0.39, 0.29) is 11.2 Å². The average Bonchev–Trinajstić information content (AvgIpc) is 3.19. The van der Waals surface area contributed by atoms with Gasteiger partial charge < -0.3 is 9.72 Å². The minimum Gasteiger partial charge on any atom is -0.463 e. The number of nitrogens with zero attached hydrogens (tertiary/aromatic N) is 3. The number of aromatic amines is 1. The number of nitrogens with one attached hydrogen (secondary N) is 1. The molecule has 0 aliphatic heterocycles. The van der Waals surface area contributed by atoms with E-state index in [9.17, 15) is 14.4 Å². The first kappa shape index (κ1) is 21.3. The highest BCUT2D eigenvalue weighted by molar-refractivity contribution is 5.87. The Morgan fingerprint density at radius 1 is 1.07 bits per heavy atom. The Morgan fingerprint density at radius 2 is 1.73 bits per heavy atom. The van der Waals surface area contributed by atoms with Crippen molar-refractivity contribution in [2.45, 2.75) is 46.7 Å². The number of aromatic nitrogens is 4. The molecule has 0 fully saturated rings. The second-order valence-corrected chi connectivity index (χ2v) is 6.88. The van der Waals surface area contributed by atoms with Crippen molar-refractivity contribution in [3.8, 4) is 11.4 Å². The molecule has 0 spiro atoms. The lowest BCUT2D eigenvalue weighted by atomic mass is 10.1. The summed E-state index contributed by atoms with van der Waals surface area (Å²) >= 11 is 0. The van der Waals surface area contributed by atoms with Gasteiger partial charge in [-0.1, -0.05) is 38.1 Å². The van der Waals surface area contributed by atoms with E-state index >= 15 is 0 Å². The fourth-order valence-electron chi connectivity index (χ4n) is 3.26. The maximum Gasteiger partial charge on any atom is 0.332 e. The molecule has 0 aliphatic carbocycles. The predicted molar refractivity (Wildman–Crippen MR) is 116 cm³/mol. The molecule has 1 N–H and O–H groups in total. The fourth-order valence-corrected chi connectivity index (χ4v) is 3.26. The van der Waals surface area contributed by atoms with Crippen LogP contribution in [0.4, 0.5) is 0 Å². The van der Waals surface area contributed by atoms with Crippen LogP contribution in [0.25, 0.3) is 28.6 Å². The molecule has 0 unspecified atom stereocenters. The van der Waals surface area contributed by atoms with Gasteiger partial charge in [0.25, 0.3) is 5.56 Å². The van der Waals surface area contributed by atoms with Crippen LogP contribution in [0.15, 0.2) is 39.9 Å². The van der Waals surface area contributed by atoms with Crippen molar-refractivity contribution >= 4 is 23.2 Å². The maximum atomic E-state index is 12.8. The molecular formula is C22H26N4O4. The van der Waals surface area contributed by atoms with E-state index in [1.807, 2.05) is 38.1 Å². The van der Waals surface area contributed by atoms with Gasteiger partial charge in [0, 0.05) is 24.7 Å². The Kier molecular flexibility index (Phi) is 6.66. The molecule has 0 saturated carbocycles. The molecular weight excluding hydrogens is 384 g/mol. The van der Waals surface area contributed by atoms with E-state index < -0.39 is 5.97 Å². The van der Waals surface area contributed by atoms with Crippen molar-refractivity contribution in [1.82, 2.24) is 19.1 Å². The van der Waals surface area contributed by atoms with Crippen molar-refractivity contribution < 1.29 is 9.53 Å². The monoisotopic (exact) mass is 410 g/mol. The summed E-state index contributed by atoms with van der Waals surface area (Å²) in [5, 5.41) is 0. The van der Waals surface area contributed by atoms with E-state index in [0.29, 0.717) is 43.1 Å². The summed E-state index contributed by atoms with van der Waals surface area (Å²) in [6.07, 6.45) is 4.49. The normalized spacial score (nSPS) is 11.4. The van der Waals surface area contributed by atoms with Crippen LogP contribution >= 0.6 is 0 Å². The molecule has 2 heterocycles. The molecule has 8 heteroatoms. The predicted octanol–water partition coefficient (Wildman–Crippen LogP) is 2.95. The first-order valence-electron chi connectivity index (χ1n) is 10.2. The number of fused-ring (bicyclic) bond motifs is 1. The molecule has 0 amide bonds. The molecule has 3 aromatic rings. The second-order valence-electron chi connectivity index (χ2n) is 6.88. The van der Waals surface area contributed by atoms with Gasteiger partial charge in [0.15, 0.2) is 5.65 Å². The zero-order chi connectivity index (χ0) is 21.7. The van der Waals surface area contributed by atoms with E-state index in [2.05, 4.69) is 9.97 Å². The third kappa shape index (κ3) is 4.27. The molecule has 8 nitrogen and oxygen atoms in total. The quantitative estimate of drug-likeness (QED) is 0.455. The topological polar surface area (TPSA) is 99.0 Å². The van der Waals surface area contributed by atoms with E-state index in [4.69, 9.17) is 4.74 Å². The lowest BCUT2D eigenvalue weighted by Gasteiger charge is -2.09. The van der Waals surface area contributed by atoms with Crippen LogP contribution in [-0.2, 0) is 22.6 Å². The zero-order valence-corrected chi connectivity index (χ0v) is 17.5. The van der Waals surface area contributed by atoms with Gasteiger partial charge in [0.2, 0.25) is 0 Å². The molecule has 2 aromatic heterocycles. The van der Waals surface area contributed by atoms with Crippen LogP contribution < -0.4 is 11.2 Å². The van der Waals surface area contributed by atoms with Gasteiger partial charge in [-0.05, 0) is 31.4 Å². The van der Waals surface area contributed by atoms with Crippen LogP contribution in [0.3, 0.4) is 0 Å². The molecule has 3 rings (SSSR count). The highest BCUT2D eigenvalue weighted by Gasteiger charge is 2.17. The first-order valence-corrected chi connectivity index (χ1v) is 10.2. The Labute approximate surface area is 173 Å². The maximum absolute atomic E-state index is 12.8. The molecule has 158 valence electrons. The number of carbonyl (C=O) groups is 1. The summed E-state index contributed by atoms with van der Waals surface area (Å²) in [5.41, 5.74) is 1.64. The fraction of sp³-hybridized carbons (Fsp3) is 0.364. The van der Waals surface area contributed by atoms with Crippen LogP contribution in [0, 0.1) is 0 Å². The third-order valence-electron chi connectivity index (χ3n) is 4.64. The van der Waals surface area contributed by atoms with Crippen molar-refractivity contribution in [2.75, 3.05) is 6.61 Å². The van der Waals surface area contributed by atoms with Gasteiger partial charge in [0.05, 0.1) is 6.61 Å². The number of hydrogen-bond acceptors (Lipinski definition) is 5. The molecule has 0 radical (unpaired) electrons. The minimum absolute atomic E-state index is 0.325. The van der Waals surface area contributed by atoms with Crippen molar-refractivity contribution in [1.29, 1.82) is 0 Å². The van der Waals surface area contributed by atoms with E-state index in [1.165, 1.54) is 10.6 Å². The molecule has 30 heavy (non-hydrogen) atoms. The summed E-state index contributed by atoms with van der Waals surface area (Å²) in [6.45, 7) is 6.84. The highest BCUT2D eigenvalue weighted by atomic mass is 16.5. The van der Waals surface area contributed by atoms with Gasteiger partial charge in [-0.2, -0.15) is 0 Å². The molecule has 0 saturated heterocycles. The minimum atomic E-state index is -0.392. The third-order valence-corrected chi connectivity index (χ3v) is 4.64. The molecule has 1 aromatic carbocycles. The summed E-state index contributed by atoms with van der Waals surface area (Å²) < 4.78 is 7.69. The number of ether oxygens (including phenoxy) is 1. The van der Waals surface area contributed by atoms with Crippen molar-refractivity contribution in [3.05, 3.63) is 56.7 Å². The first-order chi connectivity index (χ1) is 14.5. The number of carbonyl (C=O) groups excluding carboxylic acids is 1. The zero-order valence-electron chi connectivity index (χ0n) is 17.5. The van der Waals surface area contributed by atoms with Gasteiger partial charge in [-0.3, -0.25) is 13.9 Å². The lowest BCUT2D eigenvalue weighted by Crippen LogP contribution is -2.40. The average molecular weight is 410 g/mol. The molecule has 0 atom stereocenters. The van der Waals surface area contributed by atoms with Crippen LogP contribution in [0.5, 0.6) is 0 Å². The summed E-state index contributed by atoms with van der Waals surface area (Å²) in [7, 11) is 0. The van der Waals surface area contributed by atoms with Gasteiger partial charge >= 0.3 is 11.7 Å². The molecule has 0 aliphatic rings. The van der Waals surface area contributed by atoms with Crippen molar-refractivity contribution in [2.24, 2.45) is 0 Å². The highest BCUT2D eigenvalue weighted by Crippen LogP contribution is 2.19. The number of esters is 1. The Bertz CT molecular complexity index is 1180. The number of H-pyrrole nitrogens is 1.